The normalized spacial score (nSPS) is 16.7. The highest BCUT2D eigenvalue weighted by Gasteiger charge is 2.24. The number of Topliss-reactive ketones (excluding diaryl/α,β-unsaturated/α-hetero) is 1. The average Bonchev–Trinajstić information content (AvgIpc) is 2.83. The van der Waals surface area contributed by atoms with Gasteiger partial charge in [-0.1, -0.05) is 0 Å². The molecule has 1 aromatic heterocycles. The van der Waals surface area contributed by atoms with Gasteiger partial charge < -0.3 is 14.6 Å². The lowest BCUT2D eigenvalue weighted by Gasteiger charge is -2.18. The van der Waals surface area contributed by atoms with Crippen LogP contribution in [-0.2, 0) is 7.05 Å². The Morgan fingerprint density at radius 2 is 2.12 bits per heavy atom. The quantitative estimate of drug-likeness (QED) is 0.880. The maximum absolute atomic E-state index is 13.6. The fourth-order valence-corrected chi connectivity index (χ4v) is 2.91. The van der Waals surface area contributed by atoms with E-state index in [9.17, 15) is 14.0 Å². The number of aryl methyl sites for hydroxylation is 1. The van der Waals surface area contributed by atoms with Crippen molar-refractivity contribution in [3.05, 3.63) is 53.1 Å². The molecule has 2 heterocycles. The molecule has 1 aliphatic rings. The van der Waals surface area contributed by atoms with E-state index in [2.05, 4.69) is 5.32 Å². The number of ether oxygens (including phenoxy) is 1. The molecule has 0 saturated heterocycles. The van der Waals surface area contributed by atoms with E-state index in [1.54, 1.807) is 29.9 Å². The van der Waals surface area contributed by atoms with Gasteiger partial charge in [0.15, 0.2) is 5.78 Å². The highest BCUT2D eigenvalue weighted by Crippen LogP contribution is 2.32. The van der Waals surface area contributed by atoms with Gasteiger partial charge in [-0.05, 0) is 44.0 Å². The highest BCUT2D eigenvalue weighted by atomic mass is 19.1. The van der Waals surface area contributed by atoms with Crippen molar-refractivity contribution >= 4 is 11.7 Å². The van der Waals surface area contributed by atoms with Gasteiger partial charge in [0, 0.05) is 24.4 Å². The topological polar surface area (TPSA) is 60.3 Å². The first-order valence-electron chi connectivity index (χ1n) is 7.86. The number of rotatable bonds is 3. The molecule has 5 nitrogen and oxygen atoms in total. The van der Waals surface area contributed by atoms with Crippen LogP contribution in [0.25, 0.3) is 0 Å². The molecule has 1 unspecified atom stereocenters. The fourth-order valence-electron chi connectivity index (χ4n) is 2.91. The minimum absolute atomic E-state index is 0.0973. The van der Waals surface area contributed by atoms with Gasteiger partial charge in [0.2, 0.25) is 0 Å². The van der Waals surface area contributed by atoms with Crippen LogP contribution >= 0.6 is 0 Å². The number of aromatic nitrogens is 1. The van der Waals surface area contributed by atoms with Gasteiger partial charge in [0.1, 0.15) is 17.3 Å². The summed E-state index contributed by atoms with van der Waals surface area (Å²) in [6.07, 6.45) is 3.04. The predicted octanol–water partition coefficient (Wildman–Crippen LogP) is 3.01. The lowest BCUT2D eigenvalue weighted by Crippen LogP contribution is -2.29. The van der Waals surface area contributed by atoms with Crippen LogP contribution < -0.4 is 10.1 Å². The van der Waals surface area contributed by atoms with E-state index in [0.717, 1.165) is 6.42 Å². The molecule has 1 aromatic carbocycles. The van der Waals surface area contributed by atoms with E-state index in [4.69, 9.17) is 4.74 Å². The summed E-state index contributed by atoms with van der Waals surface area (Å²) in [4.78, 5) is 24.1. The Morgan fingerprint density at radius 1 is 1.33 bits per heavy atom. The lowest BCUT2D eigenvalue weighted by atomic mass is 10.0. The van der Waals surface area contributed by atoms with Gasteiger partial charge in [0.05, 0.1) is 12.6 Å². The second-order valence-electron chi connectivity index (χ2n) is 5.98. The summed E-state index contributed by atoms with van der Waals surface area (Å²) >= 11 is 0. The number of hydrogen-bond acceptors (Lipinski definition) is 3. The van der Waals surface area contributed by atoms with Gasteiger partial charge in [-0.25, -0.2) is 4.39 Å². The Morgan fingerprint density at radius 3 is 2.83 bits per heavy atom. The summed E-state index contributed by atoms with van der Waals surface area (Å²) in [5.74, 6) is -0.168. The molecule has 24 heavy (non-hydrogen) atoms. The number of nitrogens with zero attached hydrogens (tertiary/aromatic N) is 1. The van der Waals surface area contributed by atoms with Gasteiger partial charge in [-0.2, -0.15) is 0 Å². The largest absolute Gasteiger partial charge is 0.493 e. The van der Waals surface area contributed by atoms with Crippen molar-refractivity contribution in [3.8, 4) is 5.75 Å². The van der Waals surface area contributed by atoms with Crippen LogP contribution in [0.3, 0.4) is 0 Å². The molecule has 0 radical (unpaired) electrons. The minimum atomic E-state index is -0.365. The molecule has 1 N–H and O–H groups in total. The van der Waals surface area contributed by atoms with E-state index in [0.29, 0.717) is 35.6 Å². The number of hydrogen-bond donors (Lipinski definition) is 1. The SMILES string of the molecule is CC(=O)c1cc(C(=O)NC2CCCOc3ccc(F)cc32)n(C)c1. The number of benzene rings is 1. The number of halogens is 1. The summed E-state index contributed by atoms with van der Waals surface area (Å²) in [6, 6.07) is 5.57. The molecule has 126 valence electrons. The zero-order valence-electron chi connectivity index (χ0n) is 13.6. The molecule has 0 spiro atoms. The second kappa shape index (κ2) is 6.47. The van der Waals surface area contributed by atoms with Crippen LogP contribution in [0, 0.1) is 5.82 Å². The van der Waals surface area contributed by atoms with Crippen molar-refractivity contribution in [1.29, 1.82) is 0 Å². The van der Waals surface area contributed by atoms with Crippen LogP contribution in [0.1, 0.15) is 52.2 Å². The Kier molecular flexibility index (Phi) is 4.38. The molecule has 0 saturated carbocycles. The molecule has 0 bridgehead atoms. The molecule has 1 atom stereocenters. The monoisotopic (exact) mass is 330 g/mol. The Balaban J connectivity index is 1.87. The highest BCUT2D eigenvalue weighted by molar-refractivity contribution is 5.99. The molecular formula is C18H19FN2O3. The average molecular weight is 330 g/mol. The Hall–Kier alpha value is -2.63. The molecule has 6 heteroatoms. The molecule has 0 aliphatic carbocycles. The zero-order valence-corrected chi connectivity index (χ0v) is 13.6. The van der Waals surface area contributed by atoms with Gasteiger partial charge in [-0.3, -0.25) is 9.59 Å². The van der Waals surface area contributed by atoms with E-state index in [1.165, 1.54) is 19.1 Å². The zero-order chi connectivity index (χ0) is 17.3. The Labute approximate surface area is 139 Å². The van der Waals surface area contributed by atoms with Crippen LogP contribution in [0.15, 0.2) is 30.5 Å². The maximum Gasteiger partial charge on any atom is 0.268 e. The number of nitrogens with one attached hydrogen (secondary N) is 1. The van der Waals surface area contributed by atoms with Crippen LogP contribution in [0.2, 0.25) is 0 Å². The van der Waals surface area contributed by atoms with Gasteiger partial charge in [0.25, 0.3) is 5.91 Å². The van der Waals surface area contributed by atoms with Crippen LogP contribution in [-0.4, -0.2) is 22.9 Å². The van der Waals surface area contributed by atoms with Crippen LogP contribution in [0.5, 0.6) is 5.75 Å². The number of carbonyl (C=O) groups is 2. The fraction of sp³-hybridized carbons (Fsp3) is 0.333. The molecular weight excluding hydrogens is 311 g/mol. The van der Waals surface area contributed by atoms with Crippen molar-refractivity contribution in [3.63, 3.8) is 0 Å². The number of ketones is 1. The van der Waals surface area contributed by atoms with E-state index in [1.807, 2.05) is 0 Å². The minimum Gasteiger partial charge on any atom is -0.493 e. The smallest absolute Gasteiger partial charge is 0.268 e. The molecule has 3 rings (SSSR count). The third-order valence-electron chi connectivity index (χ3n) is 4.19. The van der Waals surface area contributed by atoms with Crippen molar-refractivity contribution < 1.29 is 18.7 Å². The van der Waals surface area contributed by atoms with Gasteiger partial charge >= 0.3 is 0 Å². The molecule has 0 fully saturated rings. The third kappa shape index (κ3) is 3.18. The summed E-state index contributed by atoms with van der Waals surface area (Å²) < 4.78 is 20.8. The first-order chi connectivity index (χ1) is 11.5. The maximum atomic E-state index is 13.6. The van der Waals surface area contributed by atoms with Crippen LogP contribution in [0.4, 0.5) is 4.39 Å². The molecule has 1 amide bonds. The summed E-state index contributed by atoms with van der Waals surface area (Å²) in [5.41, 5.74) is 1.52. The summed E-state index contributed by atoms with van der Waals surface area (Å²) in [5, 5.41) is 2.93. The van der Waals surface area contributed by atoms with Crippen molar-refractivity contribution in [2.24, 2.45) is 7.05 Å². The van der Waals surface area contributed by atoms with Crippen molar-refractivity contribution in [1.82, 2.24) is 9.88 Å². The lowest BCUT2D eigenvalue weighted by molar-refractivity contribution is 0.0926. The second-order valence-corrected chi connectivity index (χ2v) is 5.98. The van der Waals surface area contributed by atoms with E-state index >= 15 is 0 Å². The predicted molar refractivity (Wildman–Crippen MR) is 86.8 cm³/mol. The third-order valence-corrected chi connectivity index (χ3v) is 4.19. The summed E-state index contributed by atoms with van der Waals surface area (Å²) in [6.45, 7) is 1.99. The summed E-state index contributed by atoms with van der Waals surface area (Å²) in [7, 11) is 1.71. The number of carbonyl (C=O) groups excluding carboxylic acids is 2. The van der Waals surface area contributed by atoms with Crippen molar-refractivity contribution in [2.75, 3.05) is 6.61 Å². The van der Waals surface area contributed by atoms with E-state index < -0.39 is 0 Å². The first kappa shape index (κ1) is 16.2. The van der Waals surface area contributed by atoms with Crippen molar-refractivity contribution in [2.45, 2.75) is 25.8 Å². The Bertz CT molecular complexity index is 798. The number of amides is 1. The standard InChI is InChI=1S/C18H19FN2O3/c1-11(22)12-8-16(21(2)10-12)18(23)20-15-4-3-7-24-17-6-5-13(19)9-14(15)17/h5-6,8-10,15H,3-4,7H2,1-2H3,(H,20,23). The molecule has 2 aromatic rings. The number of fused-ring (bicyclic) bond motifs is 1. The van der Waals surface area contributed by atoms with E-state index in [-0.39, 0.29) is 23.5 Å². The van der Waals surface area contributed by atoms with Gasteiger partial charge in [-0.15, -0.1) is 0 Å². The first-order valence-corrected chi connectivity index (χ1v) is 7.86. The molecule has 1 aliphatic heterocycles.